The molecule has 20 heavy (non-hydrogen) atoms. The minimum atomic E-state index is -0.194. The van der Waals surface area contributed by atoms with Crippen molar-refractivity contribution in [3.05, 3.63) is 29.8 Å². The van der Waals surface area contributed by atoms with Gasteiger partial charge in [-0.2, -0.15) is 0 Å². The number of rotatable bonds is 2. The number of para-hydroxylation sites is 1. The molecule has 1 saturated heterocycles. The summed E-state index contributed by atoms with van der Waals surface area (Å²) < 4.78 is 5.71. The fourth-order valence-electron chi connectivity index (χ4n) is 2.74. The maximum absolute atomic E-state index is 12.3. The predicted octanol–water partition coefficient (Wildman–Crippen LogP) is 1.33. The Morgan fingerprint density at radius 1 is 1.25 bits per heavy atom. The molecule has 3 rings (SSSR count). The highest BCUT2D eigenvalue weighted by Gasteiger charge is 2.28. The number of fused-ring (bicyclic) bond motifs is 1. The monoisotopic (exact) mass is 274 g/mol. The molecule has 5 nitrogen and oxygen atoms in total. The van der Waals surface area contributed by atoms with E-state index in [0.29, 0.717) is 17.8 Å². The fraction of sp³-hybridized carbons (Fsp3) is 0.467. The van der Waals surface area contributed by atoms with Gasteiger partial charge in [0.2, 0.25) is 5.91 Å². The molecule has 0 aromatic heterocycles. The molecular weight excluding hydrogens is 256 g/mol. The van der Waals surface area contributed by atoms with Crippen molar-refractivity contribution in [3.8, 4) is 0 Å². The van der Waals surface area contributed by atoms with Crippen LogP contribution in [0.4, 0.5) is 5.69 Å². The van der Waals surface area contributed by atoms with Gasteiger partial charge in [0.15, 0.2) is 0 Å². The second-order valence-electron chi connectivity index (χ2n) is 5.19. The first-order valence-electron chi connectivity index (χ1n) is 7.05. The van der Waals surface area contributed by atoms with Gasteiger partial charge in [0.1, 0.15) is 0 Å². The minimum absolute atomic E-state index is 0.0419. The Hall–Kier alpha value is -1.88. The number of ether oxygens (including phenoxy) is 1. The summed E-state index contributed by atoms with van der Waals surface area (Å²) in [6, 6.07) is 7.22. The molecule has 1 atom stereocenters. The number of nitrogens with one attached hydrogen (secondary N) is 1. The highest BCUT2D eigenvalue weighted by atomic mass is 16.5. The molecule has 0 bridgehead atoms. The van der Waals surface area contributed by atoms with E-state index in [-0.39, 0.29) is 24.5 Å². The van der Waals surface area contributed by atoms with Crippen molar-refractivity contribution in [3.63, 3.8) is 0 Å². The Morgan fingerprint density at radius 3 is 2.90 bits per heavy atom. The van der Waals surface area contributed by atoms with E-state index in [9.17, 15) is 9.59 Å². The maximum Gasteiger partial charge on any atom is 0.253 e. The van der Waals surface area contributed by atoms with Crippen LogP contribution in [0.3, 0.4) is 0 Å². The molecule has 106 valence electrons. The van der Waals surface area contributed by atoms with E-state index < -0.39 is 0 Å². The summed E-state index contributed by atoms with van der Waals surface area (Å²) in [5.41, 5.74) is 1.23. The van der Waals surface area contributed by atoms with Gasteiger partial charge in [0.25, 0.3) is 5.91 Å². The van der Waals surface area contributed by atoms with Crippen molar-refractivity contribution in [2.75, 3.05) is 24.6 Å². The topological polar surface area (TPSA) is 58.6 Å². The van der Waals surface area contributed by atoms with Gasteiger partial charge in [-0.1, -0.05) is 12.1 Å². The molecule has 1 fully saturated rings. The molecule has 5 heteroatoms. The van der Waals surface area contributed by atoms with E-state index in [4.69, 9.17) is 4.74 Å². The van der Waals surface area contributed by atoms with E-state index >= 15 is 0 Å². The Labute approximate surface area is 117 Å². The number of anilines is 1. The number of nitrogens with zero attached hydrogens (tertiary/aromatic N) is 1. The van der Waals surface area contributed by atoms with Crippen molar-refractivity contribution < 1.29 is 14.3 Å². The van der Waals surface area contributed by atoms with E-state index in [2.05, 4.69) is 5.32 Å². The van der Waals surface area contributed by atoms with Crippen LogP contribution < -0.4 is 10.2 Å². The van der Waals surface area contributed by atoms with Crippen molar-refractivity contribution in [2.24, 2.45) is 0 Å². The summed E-state index contributed by atoms with van der Waals surface area (Å²) in [6.07, 6.45) is 3.24. The van der Waals surface area contributed by atoms with Crippen molar-refractivity contribution in [1.29, 1.82) is 0 Å². The fourth-order valence-corrected chi connectivity index (χ4v) is 2.74. The van der Waals surface area contributed by atoms with Crippen molar-refractivity contribution in [1.82, 2.24) is 5.32 Å². The lowest BCUT2D eigenvalue weighted by Crippen LogP contribution is -2.42. The van der Waals surface area contributed by atoms with Gasteiger partial charge in [0, 0.05) is 6.61 Å². The zero-order valence-corrected chi connectivity index (χ0v) is 11.3. The summed E-state index contributed by atoms with van der Waals surface area (Å²) in [6.45, 7) is 1.32. The molecule has 1 unspecified atom stereocenters. The summed E-state index contributed by atoms with van der Waals surface area (Å²) in [5.74, 6) is -0.279. The molecule has 1 N–H and O–H groups in total. The largest absolute Gasteiger partial charge is 0.376 e. The Kier molecular flexibility index (Phi) is 3.69. The van der Waals surface area contributed by atoms with Crippen LogP contribution in [0.15, 0.2) is 24.3 Å². The smallest absolute Gasteiger partial charge is 0.253 e. The van der Waals surface area contributed by atoms with Gasteiger partial charge < -0.3 is 15.0 Å². The Morgan fingerprint density at radius 2 is 2.10 bits per heavy atom. The van der Waals surface area contributed by atoms with Crippen LogP contribution in [-0.2, 0) is 9.53 Å². The number of benzene rings is 1. The second kappa shape index (κ2) is 5.63. The molecule has 0 spiro atoms. The molecule has 0 aliphatic carbocycles. The summed E-state index contributed by atoms with van der Waals surface area (Å²) in [4.78, 5) is 25.9. The molecule has 0 radical (unpaired) electrons. The molecule has 2 amide bonds. The van der Waals surface area contributed by atoms with E-state index in [1.807, 2.05) is 18.2 Å². The molecule has 0 saturated carbocycles. The zero-order chi connectivity index (χ0) is 13.9. The molecule has 2 aliphatic rings. The first-order chi connectivity index (χ1) is 9.75. The summed E-state index contributed by atoms with van der Waals surface area (Å²) in [5, 5.41) is 2.65. The molecule has 1 aromatic carbocycles. The number of hydrogen-bond acceptors (Lipinski definition) is 3. The van der Waals surface area contributed by atoms with E-state index in [0.717, 1.165) is 25.9 Å². The van der Waals surface area contributed by atoms with Crippen LogP contribution in [0.1, 0.15) is 29.6 Å². The molecule has 2 heterocycles. The number of carbonyl (C=O) groups is 2. The quantitative estimate of drug-likeness (QED) is 0.885. The SMILES string of the molecule is O=C1NCC(=O)N(CC2CCCCO2)c2ccccc21. The van der Waals surface area contributed by atoms with Gasteiger partial charge >= 0.3 is 0 Å². The van der Waals surface area contributed by atoms with Gasteiger partial charge in [-0.05, 0) is 31.4 Å². The van der Waals surface area contributed by atoms with Crippen LogP contribution in [0.2, 0.25) is 0 Å². The van der Waals surface area contributed by atoms with Crippen molar-refractivity contribution >= 4 is 17.5 Å². The van der Waals surface area contributed by atoms with Gasteiger partial charge in [-0.25, -0.2) is 0 Å². The third-order valence-electron chi connectivity index (χ3n) is 3.80. The summed E-state index contributed by atoms with van der Waals surface area (Å²) in [7, 11) is 0. The molecule has 2 aliphatic heterocycles. The van der Waals surface area contributed by atoms with Crippen LogP contribution in [0, 0.1) is 0 Å². The minimum Gasteiger partial charge on any atom is -0.376 e. The van der Waals surface area contributed by atoms with Crippen LogP contribution in [0.5, 0.6) is 0 Å². The average molecular weight is 274 g/mol. The van der Waals surface area contributed by atoms with Gasteiger partial charge in [-0.15, -0.1) is 0 Å². The summed E-state index contributed by atoms with van der Waals surface area (Å²) >= 11 is 0. The Balaban J connectivity index is 1.88. The molecule has 1 aromatic rings. The second-order valence-corrected chi connectivity index (χ2v) is 5.19. The highest BCUT2D eigenvalue weighted by Crippen LogP contribution is 2.24. The van der Waals surface area contributed by atoms with Crippen molar-refractivity contribution in [2.45, 2.75) is 25.4 Å². The maximum atomic E-state index is 12.3. The normalized spacial score (nSPS) is 23.0. The first-order valence-corrected chi connectivity index (χ1v) is 7.05. The van der Waals surface area contributed by atoms with Gasteiger partial charge in [-0.3, -0.25) is 9.59 Å². The number of carbonyl (C=O) groups excluding carboxylic acids is 2. The lowest BCUT2D eigenvalue weighted by atomic mass is 10.1. The lowest BCUT2D eigenvalue weighted by molar-refractivity contribution is -0.118. The van der Waals surface area contributed by atoms with Crippen LogP contribution in [0.25, 0.3) is 0 Å². The van der Waals surface area contributed by atoms with Crippen LogP contribution >= 0.6 is 0 Å². The van der Waals surface area contributed by atoms with Gasteiger partial charge in [0.05, 0.1) is 30.4 Å². The van der Waals surface area contributed by atoms with Crippen LogP contribution in [-0.4, -0.2) is 37.6 Å². The zero-order valence-electron chi connectivity index (χ0n) is 11.3. The standard InChI is InChI=1S/C15H18N2O3/c18-14-9-16-15(19)12-6-1-2-7-13(12)17(14)10-11-5-3-4-8-20-11/h1-2,6-7,11H,3-5,8-10H2,(H,16,19). The number of amides is 2. The predicted molar refractivity (Wildman–Crippen MR) is 74.7 cm³/mol. The third-order valence-corrected chi connectivity index (χ3v) is 3.80. The molecular formula is C15H18N2O3. The highest BCUT2D eigenvalue weighted by molar-refractivity contribution is 6.09. The lowest BCUT2D eigenvalue weighted by Gasteiger charge is -2.29. The average Bonchev–Trinajstić information content (AvgIpc) is 2.61. The van der Waals surface area contributed by atoms with E-state index in [1.165, 1.54) is 0 Å². The number of hydrogen-bond donors (Lipinski definition) is 1. The third kappa shape index (κ3) is 2.54. The first kappa shape index (κ1) is 13.1. The Bertz CT molecular complexity index is 524. The van der Waals surface area contributed by atoms with E-state index in [1.54, 1.807) is 11.0 Å².